The van der Waals surface area contributed by atoms with Gasteiger partial charge in [0, 0.05) is 23.4 Å². The zero-order valence-corrected chi connectivity index (χ0v) is 26.1. The summed E-state index contributed by atoms with van der Waals surface area (Å²) in [5.41, 5.74) is 0.518. The third-order valence-corrected chi connectivity index (χ3v) is 13.2. The van der Waals surface area contributed by atoms with Crippen LogP contribution in [0, 0.1) is 75.9 Å². The van der Waals surface area contributed by atoms with Crippen molar-refractivity contribution in [2.45, 2.75) is 100 Å². The highest BCUT2D eigenvalue weighted by atomic mass is 16.2. The number of ketones is 2. The van der Waals surface area contributed by atoms with Crippen LogP contribution in [0.1, 0.15) is 103 Å². The number of nitrogens with zero attached hydrogens (tertiary/aromatic N) is 3. The lowest BCUT2D eigenvalue weighted by atomic mass is 9.34. The summed E-state index contributed by atoms with van der Waals surface area (Å²) in [6.45, 7) is 17.2. The molecular formula is C35H45N3O3. The third-order valence-electron chi connectivity index (χ3n) is 13.2. The van der Waals surface area contributed by atoms with Crippen LogP contribution in [0.3, 0.4) is 0 Å². The van der Waals surface area contributed by atoms with Gasteiger partial charge >= 0.3 is 0 Å². The summed E-state index contributed by atoms with van der Waals surface area (Å²) >= 11 is 0. The van der Waals surface area contributed by atoms with Crippen LogP contribution in [0.2, 0.25) is 0 Å². The number of hydrogen-bond acceptors (Lipinski definition) is 5. The number of carbonyl (C=O) groups excluding carboxylic acids is 3. The van der Waals surface area contributed by atoms with E-state index in [1.807, 2.05) is 39.1 Å². The molecule has 3 saturated carbocycles. The number of carbonyl (C=O) groups is 3. The molecule has 218 valence electrons. The SMILES string of the molecule is Cc1cn(C(=O)C23CCC(C)(C)CC2C2C(=O)C=C4C5(C)C=C(C#N)C(=O)C(C)C5CCC4(C)C2(C)CC3)c(C)n1. The van der Waals surface area contributed by atoms with Gasteiger partial charge in [0.15, 0.2) is 11.6 Å². The van der Waals surface area contributed by atoms with E-state index < -0.39 is 10.8 Å². The van der Waals surface area contributed by atoms with E-state index in [0.29, 0.717) is 0 Å². The Kier molecular flexibility index (Phi) is 5.95. The second-order valence-corrected chi connectivity index (χ2v) is 15.7. The van der Waals surface area contributed by atoms with Crippen molar-refractivity contribution in [1.29, 1.82) is 5.26 Å². The number of allylic oxidation sites excluding steroid dienone is 4. The zero-order chi connectivity index (χ0) is 29.9. The number of imidazole rings is 1. The van der Waals surface area contributed by atoms with Crippen LogP contribution < -0.4 is 0 Å². The minimum absolute atomic E-state index is 0.0466. The summed E-state index contributed by atoms with van der Waals surface area (Å²) in [6, 6.07) is 2.17. The fourth-order valence-corrected chi connectivity index (χ4v) is 10.7. The highest BCUT2D eigenvalue weighted by molar-refractivity contribution is 6.02. The smallest absolute Gasteiger partial charge is 0.238 e. The largest absolute Gasteiger partial charge is 0.295 e. The van der Waals surface area contributed by atoms with E-state index in [9.17, 15) is 19.6 Å². The third kappa shape index (κ3) is 3.53. The summed E-state index contributed by atoms with van der Waals surface area (Å²) < 4.78 is 1.76. The van der Waals surface area contributed by atoms with Crippen LogP contribution in [-0.2, 0) is 9.59 Å². The number of rotatable bonds is 1. The van der Waals surface area contributed by atoms with Crippen LogP contribution in [0.4, 0.5) is 0 Å². The summed E-state index contributed by atoms with van der Waals surface area (Å²) in [6.07, 6.45) is 11.6. The molecular weight excluding hydrogens is 510 g/mol. The molecule has 8 atom stereocenters. The Morgan fingerprint density at radius 1 is 1.02 bits per heavy atom. The van der Waals surface area contributed by atoms with Gasteiger partial charge in [-0.15, -0.1) is 0 Å². The zero-order valence-electron chi connectivity index (χ0n) is 26.1. The molecule has 6 nitrogen and oxygen atoms in total. The Bertz CT molecular complexity index is 1490. The number of Topliss-reactive ketones (excluding diaryl/α,β-unsaturated/α-hetero) is 1. The molecule has 0 aliphatic heterocycles. The van der Waals surface area contributed by atoms with Gasteiger partial charge in [0.2, 0.25) is 5.91 Å². The number of fused-ring (bicyclic) bond motifs is 7. The average Bonchev–Trinajstić information content (AvgIpc) is 3.24. The Labute approximate surface area is 244 Å². The molecule has 1 heterocycles. The first-order valence-corrected chi connectivity index (χ1v) is 15.6. The molecule has 5 aliphatic rings. The molecule has 1 aromatic rings. The van der Waals surface area contributed by atoms with Gasteiger partial charge < -0.3 is 0 Å². The molecule has 3 fully saturated rings. The molecule has 8 unspecified atom stereocenters. The van der Waals surface area contributed by atoms with E-state index in [0.717, 1.165) is 62.0 Å². The first-order valence-electron chi connectivity index (χ1n) is 15.6. The Hall–Kier alpha value is -2.81. The van der Waals surface area contributed by atoms with Crippen LogP contribution in [0.25, 0.3) is 0 Å². The molecule has 0 bridgehead atoms. The standard InChI is InChI=1S/C35H45N3O3/c1-20-19-38(22(3)37-20)30(41)35-13-11-31(4,5)17-25(35)28-26(39)15-27-32(6)16-23(18-36)29(40)21(2)24(32)9-10-33(27,7)34(28,8)12-14-35/h15-16,19,21,24-25,28H,9-14,17H2,1-8H3. The van der Waals surface area contributed by atoms with Crippen molar-refractivity contribution in [1.82, 2.24) is 9.55 Å². The van der Waals surface area contributed by atoms with E-state index in [1.165, 1.54) is 0 Å². The summed E-state index contributed by atoms with van der Waals surface area (Å²) in [4.78, 5) is 46.7. The lowest BCUT2D eigenvalue weighted by Gasteiger charge is -2.68. The van der Waals surface area contributed by atoms with Crippen molar-refractivity contribution >= 4 is 17.5 Å². The lowest BCUT2D eigenvalue weighted by molar-refractivity contribution is -0.162. The van der Waals surface area contributed by atoms with Gasteiger partial charge in [0.25, 0.3) is 0 Å². The molecule has 0 amide bonds. The van der Waals surface area contributed by atoms with E-state index in [2.05, 4.69) is 45.7 Å². The van der Waals surface area contributed by atoms with Crippen molar-refractivity contribution < 1.29 is 14.4 Å². The number of aromatic nitrogens is 2. The van der Waals surface area contributed by atoms with Gasteiger partial charge in [-0.3, -0.25) is 19.0 Å². The molecule has 1 aromatic heterocycles. The number of nitriles is 1. The second kappa shape index (κ2) is 8.62. The minimum atomic E-state index is -0.588. The Balaban J connectivity index is 1.52. The van der Waals surface area contributed by atoms with E-state index in [4.69, 9.17) is 0 Å². The minimum Gasteiger partial charge on any atom is -0.295 e. The topological polar surface area (TPSA) is 92.8 Å². The van der Waals surface area contributed by atoms with Gasteiger partial charge in [-0.05, 0) is 93.0 Å². The van der Waals surface area contributed by atoms with Crippen molar-refractivity contribution in [3.05, 3.63) is 41.0 Å². The molecule has 0 saturated heterocycles. The van der Waals surface area contributed by atoms with Crippen LogP contribution >= 0.6 is 0 Å². The first kappa shape index (κ1) is 28.3. The maximum absolute atomic E-state index is 14.6. The van der Waals surface area contributed by atoms with Gasteiger partial charge in [-0.2, -0.15) is 5.26 Å². The predicted molar refractivity (Wildman–Crippen MR) is 157 cm³/mol. The van der Waals surface area contributed by atoms with Crippen LogP contribution in [0.15, 0.2) is 29.5 Å². The molecule has 0 radical (unpaired) electrons. The van der Waals surface area contributed by atoms with E-state index >= 15 is 0 Å². The van der Waals surface area contributed by atoms with Crippen molar-refractivity contribution in [2.24, 2.45) is 50.7 Å². The first-order chi connectivity index (χ1) is 19.0. The molecule has 6 heteroatoms. The summed E-state index contributed by atoms with van der Waals surface area (Å²) in [5.74, 6) is 0.424. The van der Waals surface area contributed by atoms with Gasteiger partial charge in [-0.25, -0.2) is 4.98 Å². The van der Waals surface area contributed by atoms with Gasteiger partial charge in [-0.1, -0.05) is 53.2 Å². The predicted octanol–water partition coefficient (Wildman–Crippen LogP) is 6.97. The van der Waals surface area contributed by atoms with Crippen molar-refractivity contribution in [3.63, 3.8) is 0 Å². The summed E-state index contributed by atoms with van der Waals surface area (Å²) in [5, 5.41) is 9.84. The maximum atomic E-state index is 14.6. The van der Waals surface area contributed by atoms with E-state index in [-0.39, 0.29) is 63.0 Å². The number of aryl methyl sites for hydroxylation is 2. The summed E-state index contributed by atoms with van der Waals surface area (Å²) in [7, 11) is 0. The van der Waals surface area contributed by atoms with Gasteiger partial charge in [0.05, 0.1) is 16.7 Å². The molecule has 0 spiro atoms. The van der Waals surface area contributed by atoms with Crippen molar-refractivity contribution in [2.75, 3.05) is 0 Å². The average molecular weight is 556 g/mol. The normalized spacial score (nSPS) is 43.0. The van der Waals surface area contributed by atoms with Crippen LogP contribution in [-0.4, -0.2) is 27.0 Å². The quantitative estimate of drug-likeness (QED) is 0.373. The molecule has 0 N–H and O–H groups in total. The molecule has 6 rings (SSSR count). The molecule has 5 aliphatic carbocycles. The fourth-order valence-electron chi connectivity index (χ4n) is 10.7. The maximum Gasteiger partial charge on any atom is 0.238 e. The number of hydrogen-bond donors (Lipinski definition) is 0. The second-order valence-electron chi connectivity index (χ2n) is 15.7. The highest BCUT2D eigenvalue weighted by Crippen LogP contribution is 2.74. The Morgan fingerprint density at radius 3 is 2.34 bits per heavy atom. The van der Waals surface area contributed by atoms with Gasteiger partial charge in [0.1, 0.15) is 11.9 Å². The molecule has 41 heavy (non-hydrogen) atoms. The van der Waals surface area contributed by atoms with Crippen LogP contribution in [0.5, 0.6) is 0 Å². The Morgan fingerprint density at radius 2 is 1.71 bits per heavy atom. The van der Waals surface area contributed by atoms with E-state index in [1.54, 1.807) is 4.57 Å². The monoisotopic (exact) mass is 555 g/mol. The highest BCUT2D eigenvalue weighted by Gasteiger charge is 2.70. The van der Waals surface area contributed by atoms with Crippen molar-refractivity contribution in [3.8, 4) is 6.07 Å². The lowest BCUT2D eigenvalue weighted by Crippen LogP contribution is -2.65. The fraction of sp³-hybridized carbons (Fsp3) is 0.686. The molecule has 0 aromatic carbocycles.